The monoisotopic (exact) mass is 486 g/mol. The van der Waals surface area contributed by atoms with E-state index in [1.54, 1.807) is 4.90 Å². The van der Waals surface area contributed by atoms with Crippen molar-refractivity contribution in [1.29, 1.82) is 0 Å². The molecule has 0 radical (unpaired) electrons. The van der Waals surface area contributed by atoms with Crippen LogP contribution in [0.25, 0.3) is 10.9 Å². The van der Waals surface area contributed by atoms with Crippen LogP contribution in [0.4, 0.5) is 0 Å². The van der Waals surface area contributed by atoms with Gasteiger partial charge in [0.15, 0.2) is 0 Å². The van der Waals surface area contributed by atoms with Crippen molar-refractivity contribution in [3.63, 3.8) is 0 Å². The van der Waals surface area contributed by atoms with Crippen molar-refractivity contribution in [2.24, 2.45) is 11.8 Å². The Hall–Kier alpha value is -3.61. The van der Waals surface area contributed by atoms with Crippen LogP contribution >= 0.6 is 0 Å². The predicted octanol–water partition coefficient (Wildman–Crippen LogP) is 3.94. The average molecular weight is 487 g/mol. The van der Waals surface area contributed by atoms with Crippen LogP contribution in [0.5, 0.6) is 0 Å². The Bertz CT molecular complexity index is 1330. The van der Waals surface area contributed by atoms with E-state index < -0.39 is 12.1 Å². The Balaban J connectivity index is 1.53. The highest BCUT2D eigenvalue weighted by atomic mass is 16.2. The van der Waals surface area contributed by atoms with Gasteiger partial charge in [-0.25, -0.2) is 0 Å². The molecule has 7 heteroatoms. The molecule has 2 aliphatic rings. The van der Waals surface area contributed by atoms with Crippen molar-refractivity contribution in [3.8, 4) is 0 Å². The van der Waals surface area contributed by atoms with Crippen LogP contribution in [0.15, 0.2) is 48.5 Å². The first-order valence-electron chi connectivity index (χ1n) is 12.9. The van der Waals surface area contributed by atoms with Crippen molar-refractivity contribution in [1.82, 2.24) is 20.5 Å². The summed E-state index contributed by atoms with van der Waals surface area (Å²) in [6, 6.07) is 13.9. The van der Waals surface area contributed by atoms with Crippen molar-refractivity contribution in [2.75, 3.05) is 6.54 Å². The fraction of sp³-hybridized carbons (Fsp3) is 0.414. The van der Waals surface area contributed by atoms with Crippen LogP contribution in [-0.2, 0) is 16.0 Å². The van der Waals surface area contributed by atoms with E-state index in [0.717, 1.165) is 34.1 Å². The van der Waals surface area contributed by atoms with Gasteiger partial charge < -0.3 is 20.5 Å². The molecule has 188 valence electrons. The number of rotatable bonds is 7. The highest BCUT2D eigenvalue weighted by Crippen LogP contribution is 2.46. The molecule has 2 aromatic carbocycles. The van der Waals surface area contributed by atoms with Crippen molar-refractivity contribution < 1.29 is 14.4 Å². The largest absolute Gasteiger partial charge is 0.356 e. The molecule has 0 saturated heterocycles. The summed E-state index contributed by atoms with van der Waals surface area (Å²) in [5.41, 5.74) is 4.54. The zero-order valence-corrected chi connectivity index (χ0v) is 21.3. The molecule has 2 aliphatic heterocycles. The smallest absolute Gasteiger partial charge is 0.255 e. The minimum Gasteiger partial charge on any atom is -0.356 e. The number of hydrogen-bond donors (Lipinski definition) is 3. The van der Waals surface area contributed by atoms with Gasteiger partial charge in [0.05, 0.1) is 6.04 Å². The van der Waals surface area contributed by atoms with Gasteiger partial charge in [-0.1, -0.05) is 70.5 Å². The molecule has 0 bridgehead atoms. The van der Waals surface area contributed by atoms with Gasteiger partial charge in [0.2, 0.25) is 11.8 Å². The number of nitrogens with one attached hydrogen (secondary N) is 3. The number of carbonyl (C=O) groups is 3. The molecule has 4 atom stereocenters. The molecule has 0 aliphatic carbocycles. The fourth-order valence-corrected chi connectivity index (χ4v) is 5.50. The van der Waals surface area contributed by atoms with E-state index >= 15 is 0 Å². The zero-order valence-electron chi connectivity index (χ0n) is 21.3. The standard InChI is InChI=1S/C29H34N4O3/c1-5-17(4)24(28(35)30-15-16(2)3)32-27(34)23-14-21-18-10-8-9-13-22(18)31-25(21)26-19-11-6-7-12-20(19)29(36)33(23)26/h6-13,16-17,23-24,26,31H,5,14-15H2,1-4H3,(H,30,35)(H,32,34). The molecular formula is C29H34N4O3. The summed E-state index contributed by atoms with van der Waals surface area (Å²) in [5, 5.41) is 7.07. The number of aromatic nitrogens is 1. The summed E-state index contributed by atoms with van der Waals surface area (Å²) in [7, 11) is 0. The highest BCUT2D eigenvalue weighted by Gasteiger charge is 2.49. The van der Waals surface area contributed by atoms with E-state index in [-0.39, 0.29) is 29.7 Å². The maximum atomic E-state index is 13.9. The van der Waals surface area contributed by atoms with Crippen LogP contribution in [0.2, 0.25) is 0 Å². The number of H-pyrrole nitrogens is 1. The number of fused-ring (bicyclic) bond motifs is 7. The maximum absolute atomic E-state index is 13.9. The number of nitrogens with zero attached hydrogens (tertiary/aromatic N) is 1. The second kappa shape index (κ2) is 9.45. The Morgan fingerprint density at radius 1 is 1.08 bits per heavy atom. The number of benzene rings is 2. The Kier molecular flexibility index (Phi) is 6.33. The number of aromatic amines is 1. The van der Waals surface area contributed by atoms with Gasteiger partial charge >= 0.3 is 0 Å². The molecular weight excluding hydrogens is 452 g/mol. The van der Waals surface area contributed by atoms with Crippen LogP contribution in [0.1, 0.15) is 67.3 Å². The van der Waals surface area contributed by atoms with E-state index in [4.69, 9.17) is 0 Å². The van der Waals surface area contributed by atoms with Crippen LogP contribution in [-0.4, -0.2) is 46.2 Å². The number of para-hydroxylation sites is 1. The quantitative estimate of drug-likeness (QED) is 0.472. The number of hydrogen-bond acceptors (Lipinski definition) is 3. The normalized spacial score (nSPS) is 20.0. The minimum absolute atomic E-state index is 0.0457. The van der Waals surface area contributed by atoms with Gasteiger partial charge in [-0.2, -0.15) is 0 Å². The average Bonchev–Trinajstić information content (AvgIpc) is 3.40. The number of amides is 3. The molecule has 1 aromatic heterocycles. The summed E-state index contributed by atoms with van der Waals surface area (Å²) < 4.78 is 0. The highest BCUT2D eigenvalue weighted by molar-refractivity contribution is 6.04. The van der Waals surface area contributed by atoms with Gasteiger partial charge in [0.25, 0.3) is 5.91 Å². The number of carbonyl (C=O) groups excluding carboxylic acids is 3. The van der Waals surface area contributed by atoms with Crippen molar-refractivity contribution >= 4 is 28.6 Å². The maximum Gasteiger partial charge on any atom is 0.255 e. The molecule has 3 aromatic rings. The lowest BCUT2D eigenvalue weighted by atomic mass is 9.89. The first kappa shape index (κ1) is 24.1. The molecule has 3 amide bonds. The minimum atomic E-state index is -0.717. The lowest BCUT2D eigenvalue weighted by molar-refractivity contribution is -0.133. The predicted molar refractivity (Wildman–Crippen MR) is 139 cm³/mol. The zero-order chi connectivity index (χ0) is 25.6. The van der Waals surface area contributed by atoms with E-state index in [1.165, 1.54) is 0 Å². The summed E-state index contributed by atoms with van der Waals surface area (Å²) in [5.74, 6) is -0.355. The van der Waals surface area contributed by atoms with Crippen molar-refractivity contribution in [2.45, 2.75) is 58.7 Å². The first-order valence-corrected chi connectivity index (χ1v) is 12.9. The Labute approximate surface area is 211 Å². The van der Waals surface area contributed by atoms with E-state index in [9.17, 15) is 14.4 Å². The van der Waals surface area contributed by atoms with Gasteiger partial charge in [0, 0.05) is 35.1 Å². The summed E-state index contributed by atoms with van der Waals surface area (Å²) in [6.45, 7) is 8.60. The molecule has 4 unspecified atom stereocenters. The van der Waals surface area contributed by atoms with Gasteiger partial charge in [-0.15, -0.1) is 0 Å². The SMILES string of the molecule is CCC(C)C(NC(=O)C1Cc2c([nH]c3ccccc23)C2c3ccccc3C(=O)N12)C(=O)NCC(C)C. The third-order valence-corrected chi connectivity index (χ3v) is 7.63. The second-order valence-electron chi connectivity index (χ2n) is 10.5. The third kappa shape index (κ3) is 3.96. The lowest BCUT2D eigenvalue weighted by Crippen LogP contribution is -2.58. The van der Waals surface area contributed by atoms with Gasteiger partial charge in [-0.05, 0) is 35.1 Å². The topological polar surface area (TPSA) is 94.3 Å². The van der Waals surface area contributed by atoms with Gasteiger partial charge in [-0.3, -0.25) is 14.4 Å². The Morgan fingerprint density at radius 2 is 1.81 bits per heavy atom. The summed E-state index contributed by atoms with van der Waals surface area (Å²) >= 11 is 0. The van der Waals surface area contributed by atoms with Crippen molar-refractivity contribution in [3.05, 3.63) is 70.9 Å². The summed E-state index contributed by atoms with van der Waals surface area (Å²) in [4.78, 5) is 45.8. The first-order chi connectivity index (χ1) is 17.3. The molecule has 3 N–H and O–H groups in total. The lowest BCUT2D eigenvalue weighted by Gasteiger charge is -2.38. The molecule has 7 nitrogen and oxygen atoms in total. The Morgan fingerprint density at radius 3 is 2.56 bits per heavy atom. The van der Waals surface area contributed by atoms with Crippen LogP contribution in [0, 0.1) is 11.8 Å². The van der Waals surface area contributed by atoms with Crippen LogP contribution < -0.4 is 10.6 Å². The van der Waals surface area contributed by atoms with E-state index in [0.29, 0.717) is 24.4 Å². The fourth-order valence-electron chi connectivity index (χ4n) is 5.50. The van der Waals surface area contributed by atoms with Gasteiger partial charge in [0.1, 0.15) is 12.1 Å². The molecule has 5 rings (SSSR count). The molecule has 3 heterocycles. The molecule has 0 saturated carbocycles. The summed E-state index contributed by atoms with van der Waals surface area (Å²) in [6.07, 6.45) is 1.14. The second-order valence-corrected chi connectivity index (χ2v) is 10.5. The molecule has 36 heavy (non-hydrogen) atoms. The van der Waals surface area contributed by atoms with Crippen LogP contribution in [0.3, 0.4) is 0 Å². The van der Waals surface area contributed by atoms with E-state index in [1.807, 2.05) is 70.2 Å². The van der Waals surface area contributed by atoms with E-state index in [2.05, 4.69) is 21.7 Å². The molecule has 0 spiro atoms. The molecule has 0 fully saturated rings. The third-order valence-electron chi connectivity index (χ3n) is 7.63.